The summed E-state index contributed by atoms with van der Waals surface area (Å²) in [4.78, 5) is 10.1. The van der Waals surface area contributed by atoms with E-state index in [1.807, 2.05) is 0 Å². The van der Waals surface area contributed by atoms with Crippen LogP contribution in [0.15, 0.2) is 4.99 Å². The lowest BCUT2D eigenvalue weighted by atomic mass is 10.1. The number of nitrogens with zero attached hydrogens (tertiary/aromatic N) is 2. The van der Waals surface area contributed by atoms with Gasteiger partial charge in [-0.05, 0) is 26.7 Å². The molecule has 6 nitrogen and oxygen atoms in total. The lowest BCUT2D eigenvalue weighted by Crippen LogP contribution is -2.39. The van der Waals surface area contributed by atoms with E-state index < -0.39 is 0 Å². The summed E-state index contributed by atoms with van der Waals surface area (Å²) in [5, 5.41) is 7.83. The number of ether oxygens (including phenoxy) is 2. The minimum absolute atomic E-state index is 0.588. The molecule has 1 saturated heterocycles. The van der Waals surface area contributed by atoms with Gasteiger partial charge in [0.25, 0.3) is 0 Å². The largest absolute Gasteiger partial charge is 0.381 e. The molecule has 136 valence electrons. The molecule has 0 saturated carbocycles. The molecule has 0 spiro atoms. The maximum absolute atomic E-state index is 5.70. The van der Waals surface area contributed by atoms with Crippen LogP contribution in [-0.4, -0.2) is 57.5 Å². The first-order chi connectivity index (χ1) is 11.7. The van der Waals surface area contributed by atoms with E-state index in [-0.39, 0.29) is 0 Å². The number of nitrogens with one attached hydrogen (secondary N) is 2. The Labute approximate surface area is 149 Å². The highest BCUT2D eigenvalue weighted by molar-refractivity contribution is 7.11. The highest BCUT2D eigenvalue weighted by atomic mass is 32.1. The zero-order chi connectivity index (χ0) is 17.2. The maximum Gasteiger partial charge on any atom is 0.190 e. The fourth-order valence-corrected chi connectivity index (χ4v) is 3.43. The molecule has 0 radical (unpaired) electrons. The molecular weight excluding hydrogens is 324 g/mol. The molecule has 2 rings (SSSR count). The summed E-state index contributed by atoms with van der Waals surface area (Å²) in [6.07, 6.45) is 3.03. The second kappa shape index (κ2) is 10.6. The topological polar surface area (TPSA) is 67.8 Å². The molecule has 1 aliphatic heterocycles. The standard InChI is InChI=1S/C17H30N4O2S/c1-13-14(2)24-16(21-13)5-8-20-17(18-3)19-7-4-9-22-11-15-6-10-23-12-15/h15H,4-12H2,1-3H3,(H2,18,19,20). The van der Waals surface area contributed by atoms with Gasteiger partial charge in [0.1, 0.15) is 0 Å². The quantitative estimate of drug-likeness (QED) is 0.403. The van der Waals surface area contributed by atoms with Gasteiger partial charge < -0.3 is 20.1 Å². The summed E-state index contributed by atoms with van der Waals surface area (Å²) >= 11 is 1.77. The first kappa shape index (κ1) is 19.1. The SMILES string of the molecule is CN=C(NCCCOCC1CCOC1)NCCc1nc(C)c(C)s1. The predicted octanol–water partition coefficient (Wildman–Crippen LogP) is 1.91. The van der Waals surface area contributed by atoms with Crippen molar-refractivity contribution < 1.29 is 9.47 Å². The molecule has 1 aromatic rings. The third-order valence-electron chi connectivity index (χ3n) is 4.06. The molecular formula is C17H30N4O2S. The molecule has 0 bridgehead atoms. The molecule has 1 unspecified atom stereocenters. The van der Waals surface area contributed by atoms with Crippen LogP contribution >= 0.6 is 11.3 Å². The minimum Gasteiger partial charge on any atom is -0.381 e. The Balaban J connectivity index is 1.50. The second-order valence-electron chi connectivity index (χ2n) is 6.08. The number of guanidine groups is 1. The number of aliphatic imine (C=N–C) groups is 1. The van der Waals surface area contributed by atoms with Crippen LogP contribution in [0.25, 0.3) is 0 Å². The van der Waals surface area contributed by atoms with Crippen molar-refractivity contribution >= 4 is 17.3 Å². The Morgan fingerprint density at radius 2 is 2.21 bits per heavy atom. The van der Waals surface area contributed by atoms with E-state index in [0.29, 0.717) is 5.92 Å². The summed E-state index contributed by atoms with van der Waals surface area (Å²) in [7, 11) is 1.80. The first-order valence-corrected chi connectivity index (χ1v) is 9.53. The van der Waals surface area contributed by atoms with Gasteiger partial charge in [-0.1, -0.05) is 0 Å². The molecule has 24 heavy (non-hydrogen) atoms. The van der Waals surface area contributed by atoms with Crippen LogP contribution in [0, 0.1) is 19.8 Å². The molecule has 2 heterocycles. The molecule has 1 aliphatic rings. The number of rotatable bonds is 9. The normalized spacial score (nSPS) is 18.1. The van der Waals surface area contributed by atoms with Crippen molar-refractivity contribution in [3.63, 3.8) is 0 Å². The van der Waals surface area contributed by atoms with Crippen molar-refractivity contribution in [2.45, 2.75) is 33.1 Å². The molecule has 1 fully saturated rings. The van der Waals surface area contributed by atoms with Gasteiger partial charge in [0.2, 0.25) is 0 Å². The van der Waals surface area contributed by atoms with Crippen molar-refractivity contribution in [2.24, 2.45) is 10.9 Å². The van der Waals surface area contributed by atoms with Gasteiger partial charge in [0.05, 0.1) is 23.9 Å². The van der Waals surface area contributed by atoms with E-state index in [0.717, 1.165) is 70.4 Å². The van der Waals surface area contributed by atoms with Crippen LogP contribution in [0.5, 0.6) is 0 Å². The molecule has 2 N–H and O–H groups in total. The number of hydrogen-bond acceptors (Lipinski definition) is 5. The number of aromatic nitrogens is 1. The fraction of sp³-hybridized carbons (Fsp3) is 0.765. The Bertz CT molecular complexity index is 493. The lowest BCUT2D eigenvalue weighted by molar-refractivity contribution is 0.0888. The van der Waals surface area contributed by atoms with E-state index in [4.69, 9.17) is 9.47 Å². The van der Waals surface area contributed by atoms with Crippen LogP contribution in [-0.2, 0) is 15.9 Å². The number of aryl methyl sites for hydroxylation is 2. The average Bonchev–Trinajstić information content (AvgIpc) is 3.19. The summed E-state index contributed by atoms with van der Waals surface area (Å²) in [6.45, 7) is 9.21. The van der Waals surface area contributed by atoms with Crippen LogP contribution in [0.1, 0.15) is 28.4 Å². The summed E-state index contributed by atoms with van der Waals surface area (Å²) < 4.78 is 11.0. The van der Waals surface area contributed by atoms with Gasteiger partial charge in [-0.25, -0.2) is 4.98 Å². The zero-order valence-corrected chi connectivity index (χ0v) is 15.9. The highest BCUT2D eigenvalue weighted by Gasteiger charge is 2.15. The van der Waals surface area contributed by atoms with Crippen molar-refractivity contribution in [1.82, 2.24) is 15.6 Å². The van der Waals surface area contributed by atoms with Crippen LogP contribution in [0.2, 0.25) is 0 Å². The van der Waals surface area contributed by atoms with Crippen molar-refractivity contribution in [2.75, 3.05) is 46.6 Å². The Morgan fingerprint density at radius 3 is 2.88 bits per heavy atom. The fourth-order valence-electron chi connectivity index (χ4n) is 2.50. The monoisotopic (exact) mass is 354 g/mol. The van der Waals surface area contributed by atoms with Gasteiger partial charge >= 0.3 is 0 Å². The van der Waals surface area contributed by atoms with Crippen LogP contribution in [0.4, 0.5) is 0 Å². The summed E-state index contributed by atoms with van der Waals surface area (Å²) in [5.74, 6) is 1.43. The number of hydrogen-bond donors (Lipinski definition) is 2. The first-order valence-electron chi connectivity index (χ1n) is 8.72. The Kier molecular flexibility index (Phi) is 8.49. The van der Waals surface area contributed by atoms with Crippen molar-refractivity contribution in [3.05, 3.63) is 15.6 Å². The average molecular weight is 355 g/mol. The smallest absolute Gasteiger partial charge is 0.190 e. The molecule has 0 aliphatic carbocycles. The van der Waals surface area contributed by atoms with Crippen molar-refractivity contribution in [1.29, 1.82) is 0 Å². The summed E-state index contributed by atoms with van der Waals surface area (Å²) in [5.41, 5.74) is 1.14. The van der Waals surface area contributed by atoms with Crippen LogP contribution in [0.3, 0.4) is 0 Å². The van der Waals surface area contributed by atoms with E-state index >= 15 is 0 Å². The molecule has 7 heteroatoms. The van der Waals surface area contributed by atoms with Gasteiger partial charge in [-0.3, -0.25) is 4.99 Å². The molecule has 1 atom stereocenters. The number of thiazole rings is 1. The Morgan fingerprint density at radius 1 is 1.38 bits per heavy atom. The van der Waals surface area contributed by atoms with Crippen molar-refractivity contribution in [3.8, 4) is 0 Å². The van der Waals surface area contributed by atoms with E-state index in [2.05, 4.69) is 34.5 Å². The summed E-state index contributed by atoms with van der Waals surface area (Å²) in [6, 6.07) is 0. The van der Waals surface area contributed by atoms with Gasteiger partial charge in [-0.2, -0.15) is 0 Å². The van der Waals surface area contributed by atoms with E-state index in [1.165, 1.54) is 9.88 Å². The predicted molar refractivity (Wildman–Crippen MR) is 99.0 cm³/mol. The zero-order valence-electron chi connectivity index (χ0n) is 15.1. The third-order valence-corrected chi connectivity index (χ3v) is 5.20. The second-order valence-corrected chi connectivity index (χ2v) is 7.37. The lowest BCUT2D eigenvalue weighted by Gasteiger charge is -2.12. The Hall–Kier alpha value is -1.18. The highest BCUT2D eigenvalue weighted by Crippen LogP contribution is 2.16. The van der Waals surface area contributed by atoms with Crippen LogP contribution < -0.4 is 10.6 Å². The van der Waals surface area contributed by atoms with Gasteiger partial charge in [0, 0.05) is 50.6 Å². The van der Waals surface area contributed by atoms with E-state index in [9.17, 15) is 0 Å². The molecule has 0 amide bonds. The third kappa shape index (κ3) is 6.75. The maximum atomic E-state index is 5.70. The minimum atomic E-state index is 0.588. The molecule has 0 aromatic carbocycles. The van der Waals surface area contributed by atoms with E-state index in [1.54, 1.807) is 18.4 Å². The van der Waals surface area contributed by atoms with Gasteiger partial charge in [-0.15, -0.1) is 11.3 Å². The van der Waals surface area contributed by atoms with Gasteiger partial charge in [0.15, 0.2) is 5.96 Å². The molecule has 1 aromatic heterocycles.